The van der Waals surface area contributed by atoms with E-state index in [-0.39, 0.29) is 18.4 Å². The lowest BCUT2D eigenvalue weighted by Crippen LogP contribution is -2.48. The molecule has 6 heteroatoms. The van der Waals surface area contributed by atoms with Gasteiger partial charge in [-0.3, -0.25) is 14.5 Å². The highest BCUT2D eigenvalue weighted by Crippen LogP contribution is 2.61. The summed E-state index contributed by atoms with van der Waals surface area (Å²) in [6.45, 7) is 2.09. The fourth-order valence-electron chi connectivity index (χ4n) is 7.07. The van der Waals surface area contributed by atoms with E-state index in [9.17, 15) is 14.4 Å². The van der Waals surface area contributed by atoms with Crippen LogP contribution in [0.3, 0.4) is 0 Å². The van der Waals surface area contributed by atoms with Crippen LogP contribution in [0.2, 0.25) is 0 Å². The number of hydrogen-bond donors (Lipinski definition) is 2. The van der Waals surface area contributed by atoms with Crippen molar-refractivity contribution >= 4 is 17.8 Å². The van der Waals surface area contributed by atoms with Crippen LogP contribution in [0.25, 0.3) is 0 Å². The van der Waals surface area contributed by atoms with Crippen molar-refractivity contribution in [3.05, 3.63) is 35.9 Å². The summed E-state index contributed by atoms with van der Waals surface area (Å²) in [7, 11) is 0. The Kier molecular flexibility index (Phi) is 4.64. The van der Waals surface area contributed by atoms with Gasteiger partial charge in [-0.1, -0.05) is 30.3 Å². The van der Waals surface area contributed by atoms with E-state index in [0.717, 1.165) is 29.1 Å². The highest BCUT2D eigenvalue weighted by molar-refractivity contribution is 6.09. The molecule has 30 heavy (non-hydrogen) atoms. The molecule has 4 saturated carbocycles. The molecule has 1 unspecified atom stereocenters. The maximum absolute atomic E-state index is 12.9. The largest absolute Gasteiger partial charge is 0.355 e. The molecule has 4 aliphatic carbocycles. The SMILES string of the molecule is CC1(c2ccccc2)NC(=O)N(CC(=O)NCCC23CC4CC(CC(C4)C2)C3)C1=O. The zero-order valence-electron chi connectivity index (χ0n) is 17.7. The number of amides is 4. The number of nitrogens with one attached hydrogen (secondary N) is 2. The zero-order valence-corrected chi connectivity index (χ0v) is 17.7. The standard InChI is InChI=1S/C24H31N3O3/c1-23(19-5-3-2-4-6-19)21(29)27(22(30)26-23)15-20(28)25-8-7-24-12-16-9-17(13-24)11-18(10-16)14-24/h2-6,16-18H,7-15H2,1H3,(H,25,28)(H,26,30). The second-order valence-electron chi connectivity index (χ2n) is 10.3. The Balaban J connectivity index is 1.16. The third-order valence-corrected chi connectivity index (χ3v) is 8.07. The van der Waals surface area contributed by atoms with Crippen molar-refractivity contribution in [3.63, 3.8) is 0 Å². The molecule has 5 aliphatic rings. The molecule has 2 N–H and O–H groups in total. The molecule has 1 heterocycles. The van der Waals surface area contributed by atoms with E-state index in [4.69, 9.17) is 0 Å². The van der Waals surface area contributed by atoms with Crippen LogP contribution in [0.15, 0.2) is 30.3 Å². The van der Waals surface area contributed by atoms with Crippen LogP contribution in [0.1, 0.15) is 57.4 Å². The molecule has 1 atom stereocenters. The van der Waals surface area contributed by atoms with E-state index in [2.05, 4.69) is 10.6 Å². The first-order valence-corrected chi connectivity index (χ1v) is 11.3. The number of rotatable bonds is 6. The van der Waals surface area contributed by atoms with E-state index in [1.807, 2.05) is 30.3 Å². The molecule has 6 nitrogen and oxygen atoms in total. The predicted molar refractivity (Wildman–Crippen MR) is 112 cm³/mol. The number of benzene rings is 1. The molecule has 6 rings (SSSR count). The van der Waals surface area contributed by atoms with Gasteiger partial charge in [-0.05, 0) is 80.6 Å². The van der Waals surface area contributed by atoms with E-state index in [1.54, 1.807) is 6.92 Å². The quantitative estimate of drug-likeness (QED) is 0.709. The highest BCUT2D eigenvalue weighted by atomic mass is 16.2. The lowest BCUT2D eigenvalue weighted by Gasteiger charge is -2.57. The van der Waals surface area contributed by atoms with Crippen molar-refractivity contribution in [2.45, 2.75) is 57.4 Å². The molecule has 1 aliphatic heterocycles. The van der Waals surface area contributed by atoms with E-state index < -0.39 is 11.6 Å². The van der Waals surface area contributed by atoms with E-state index >= 15 is 0 Å². The number of nitrogens with zero attached hydrogens (tertiary/aromatic N) is 1. The molecular formula is C24H31N3O3. The van der Waals surface area contributed by atoms with Crippen molar-refractivity contribution in [2.24, 2.45) is 23.2 Å². The molecule has 1 saturated heterocycles. The van der Waals surface area contributed by atoms with E-state index in [0.29, 0.717) is 17.5 Å². The third-order valence-electron chi connectivity index (χ3n) is 8.07. The molecule has 1 aromatic rings. The zero-order chi connectivity index (χ0) is 20.9. The van der Waals surface area contributed by atoms with Crippen LogP contribution in [0.5, 0.6) is 0 Å². The van der Waals surface area contributed by atoms with Gasteiger partial charge in [0.1, 0.15) is 12.1 Å². The van der Waals surface area contributed by atoms with Crippen molar-refractivity contribution in [1.82, 2.24) is 15.5 Å². The van der Waals surface area contributed by atoms with Gasteiger partial charge in [0.25, 0.3) is 5.91 Å². The van der Waals surface area contributed by atoms with Gasteiger partial charge >= 0.3 is 6.03 Å². The Hall–Kier alpha value is -2.37. The van der Waals surface area contributed by atoms with Crippen LogP contribution in [-0.2, 0) is 15.1 Å². The molecule has 0 radical (unpaired) electrons. The van der Waals surface area contributed by atoms with Crippen molar-refractivity contribution in [2.75, 3.05) is 13.1 Å². The predicted octanol–water partition coefficient (Wildman–Crippen LogP) is 3.18. The average molecular weight is 410 g/mol. The Morgan fingerprint density at radius 2 is 1.67 bits per heavy atom. The average Bonchev–Trinajstić information content (AvgIpc) is 2.91. The van der Waals surface area contributed by atoms with Gasteiger partial charge in [0, 0.05) is 6.54 Å². The molecule has 160 valence electrons. The van der Waals surface area contributed by atoms with Gasteiger partial charge in [-0.2, -0.15) is 0 Å². The summed E-state index contributed by atoms with van der Waals surface area (Å²) < 4.78 is 0. The Morgan fingerprint density at radius 3 is 2.27 bits per heavy atom. The van der Waals surface area contributed by atoms with Crippen molar-refractivity contribution in [1.29, 1.82) is 0 Å². The maximum Gasteiger partial charge on any atom is 0.325 e. The minimum absolute atomic E-state index is 0.228. The molecule has 0 aromatic heterocycles. The summed E-state index contributed by atoms with van der Waals surface area (Å²) in [5.41, 5.74) is 0.000106. The van der Waals surface area contributed by atoms with Gasteiger partial charge in [0.15, 0.2) is 0 Å². The van der Waals surface area contributed by atoms with Crippen LogP contribution in [0.4, 0.5) is 4.79 Å². The van der Waals surface area contributed by atoms with Crippen LogP contribution >= 0.6 is 0 Å². The summed E-state index contributed by atoms with van der Waals surface area (Å²) in [6.07, 6.45) is 9.21. The Bertz CT molecular complexity index is 832. The number of hydrogen-bond acceptors (Lipinski definition) is 3. The highest BCUT2D eigenvalue weighted by Gasteiger charge is 2.51. The summed E-state index contributed by atoms with van der Waals surface area (Å²) >= 11 is 0. The Labute approximate surface area is 177 Å². The Morgan fingerprint density at radius 1 is 1.07 bits per heavy atom. The summed E-state index contributed by atoms with van der Waals surface area (Å²) in [6, 6.07) is 8.64. The number of urea groups is 1. The second kappa shape index (κ2) is 7.10. The van der Waals surface area contributed by atoms with Gasteiger partial charge in [-0.25, -0.2) is 4.79 Å². The van der Waals surface area contributed by atoms with Gasteiger partial charge in [-0.15, -0.1) is 0 Å². The van der Waals surface area contributed by atoms with Gasteiger partial charge in [0.2, 0.25) is 5.91 Å². The lowest BCUT2D eigenvalue weighted by molar-refractivity contribution is -0.134. The smallest absolute Gasteiger partial charge is 0.325 e. The van der Waals surface area contributed by atoms with Crippen molar-refractivity contribution < 1.29 is 14.4 Å². The van der Waals surface area contributed by atoms with Crippen molar-refractivity contribution in [3.8, 4) is 0 Å². The number of carbonyl (C=O) groups excluding carboxylic acids is 3. The monoisotopic (exact) mass is 409 g/mol. The first-order chi connectivity index (χ1) is 14.4. The summed E-state index contributed by atoms with van der Waals surface area (Å²) in [5, 5.41) is 5.73. The molecule has 1 aromatic carbocycles. The van der Waals surface area contributed by atoms with Gasteiger partial charge in [0.05, 0.1) is 0 Å². The molecule has 5 fully saturated rings. The molecule has 0 spiro atoms. The normalized spacial score (nSPS) is 36.8. The molecular weight excluding hydrogens is 378 g/mol. The summed E-state index contributed by atoms with van der Waals surface area (Å²) in [5.74, 6) is 2.05. The van der Waals surface area contributed by atoms with Crippen LogP contribution in [0, 0.1) is 23.2 Å². The fourth-order valence-corrected chi connectivity index (χ4v) is 7.07. The van der Waals surface area contributed by atoms with Gasteiger partial charge < -0.3 is 10.6 Å². The fraction of sp³-hybridized carbons (Fsp3) is 0.625. The first kappa shape index (κ1) is 19.6. The maximum atomic E-state index is 12.9. The first-order valence-electron chi connectivity index (χ1n) is 11.3. The third kappa shape index (κ3) is 3.30. The number of carbonyl (C=O) groups is 3. The van der Waals surface area contributed by atoms with Crippen LogP contribution in [-0.4, -0.2) is 35.8 Å². The molecule has 4 bridgehead atoms. The summed E-state index contributed by atoms with van der Waals surface area (Å²) in [4.78, 5) is 38.9. The molecule has 4 amide bonds. The second-order valence-corrected chi connectivity index (χ2v) is 10.3. The lowest BCUT2D eigenvalue weighted by atomic mass is 9.49. The minimum atomic E-state index is -1.13. The van der Waals surface area contributed by atoms with Crippen LogP contribution < -0.4 is 10.6 Å². The topological polar surface area (TPSA) is 78.5 Å². The minimum Gasteiger partial charge on any atom is -0.355 e. The van der Waals surface area contributed by atoms with E-state index in [1.165, 1.54) is 38.5 Å². The number of imide groups is 1.